The molecular weight excluding hydrogens is 328 g/mol. The fourth-order valence-corrected chi connectivity index (χ4v) is 2.53. The summed E-state index contributed by atoms with van der Waals surface area (Å²) in [5, 5.41) is 8.84. The number of nitrogens with one attached hydrogen (secondary N) is 3. The Bertz CT molecular complexity index is 875. The van der Waals surface area contributed by atoms with Gasteiger partial charge in [0.05, 0.1) is 0 Å². The summed E-state index contributed by atoms with van der Waals surface area (Å²) in [4.78, 5) is 20.7. The first-order valence-electron chi connectivity index (χ1n) is 8.44. The number of rotatable bonds is 6. The summed E-state index contributed by atoms with van der Waals surface area (Å²) in [6.07, 6.45) is 3.87. The van der Waals surface area contributed by atoms with Crippen molar-refractivity contribution in [3.05, 3.63) is 66.2 Å². The van der Waals surface area contributed by atoms with Crippen LogP contribution in [0, 0.1) is 13.8 Å². The quantitative estimate of drug-likeness (QED) is 0.597. The lowest BCUT2D eigenvalue weighted by Gasteiger charge is -2.11. The molecule has 0 saturated heterocycles. The van der Waals surface area contributed by atoms with Crippen LogP contribution in [-0.4, -0.2) is 33.7 Å². The Morgan fingerprint density at radius 2 is 1.85 bits per heavy atom. The van der Waals surface area contributed by atoms with Gasteiger partial charge in [0.15, 0.2) is 0 Å². The minimum atomic E-state index is -0.232. The third kappa shape index (κ3) is 4.83. The number of hydrogen-bond donors (Lipinski definition) is 3. The number of anilines is 2. The van der Waals surface area contributed by atoms with Gasteiger partial charge in [-0.05, 0) is 43.7 Å². The highest BCUT2D eigenvalue weighted by atomic mass is 16.2. The molecule has 134 valence electrons. The van der Waals surface area contributed by atoms with Crippen LogP contribution in [0.15, 0.2) is 54.9 Å². The highest BCUT2D eigenvalue weighted by Crippen LogP contribution is 2.11. The van der Waals surface area contributed by atoms with Crippen molar-refractivity contribution < 1.29 is 4.79 Å². The Balaban J connectivity index is 1.48. The van der Waals surface area contributed by atoms with Gasteiger partial charge in [0.25, 0.3) is 0 Å². The molecule has 0 radical (unpaired) electrons. The molecular formula is C19H22N6O. The van der Waals surface area contributed by atoms with Gasteiger partial charge in [-0.2, -0.15) is 0 Å². The summed E-state index contributed by atoms with van der Waals surface area (Å²) in [6.45, 7) is 4.87. The lowest BCUT2D eigenvalue weighted by atomic mass is 10.2. The molecule has 2 amide bonds. The van der Waals surface area contributed by atoms with Crippen molar-refractivity contribution in [1.29, 1.82) is 0 Å². The van der Waals surface area contributed by atoms with E-state index in [1.165, 1.54) is 0 Å². The molecule has 0 spiro atoms. The molecule has 0 fully saturated rings. The molecule has 7 nitrogen and oxygen atoms in total. The summed E-state index contributed by atoms with van der Waals surface area (Å²) < 4.78 is 1.92. The molecule has 0 atom stereocenters. The van der Waals surface area contributed by atoms with Crippen LogP contribution in [0.2, 0.25) is 0 Å². The van der Waals surface area contributed by atoms with Crippen molar-refractivity contribution in [3.63, 3.8) is 0 Å². The minimum Gasteiger partial charge on any atom is -0.368 e. The van der Waals surface area contributed by atoms with Crippen LogP contribution in [-0.2, 0) is 0 Å². The molecule has 2 heterocycles. The molecule has 0 bridgehead atoms. The van der Waals surface area contributed by atoms with Gasteiger partial charge in [-0.25, -0.2) is 14.8 Å². The fourth-order valence-electron chi connectivity index (χ4n) is 2.53. The summed E-state index contributed by atoms with van der Waals surface area (Å²) in [5.41, 5.74) is 1.88. The fraction of sp³-hybridized carbons (Fsp3) is 0.211. The van der Waals surface area contributed by atoms with Crippen LogP contribution in [0.1, 0.15) is 11.4 Å². The Labute approximate surface area is 152 Å². The highest BCUT2D eigenvalue weighted by molar-refractivity contribution is 5.89. The number of amides is 2. The molecule has 3 aromatic rings. The van der Waals surface area contributed by atoms with Crippen LogP contribution < -0.4 is 16.0 Å². The number of aromatic nitrogens is 3. The van der Waals surface area contributed by atoms with Gasteiger partial charge in [-0.1, -0.05) is 12.1 Å². The van der Waals surface area contributed by atoms with Crippen LogP contribution in [0.4, 0.5) is 16.3 Å². The maximum atomic E-state index is 11.9. The van der Waals surface area contributed by atoms with Gasteiger partial charge in [0, 0.05) is 37.2 Å². The zero-order valence-electron chi connectivity index (χ0n) is 14.9. The molecule has 26 heavy (non-hydrogen) atoms. The van der Waals surface area contributed by atoms with Gasteiger partial charge in [-0.15, -0.1) is 0 Å². The Morgan fingerprint density at radius 3 is 2.62 bits per heavy atom. The van der Waals surface area contributed by atoms with E-state index in [9.17, 15) is 4.79 Å². The number of aryl methyl sites for hydroxylation is 2. The molecule has 0 aliphatic heterocycles. The van der Waals surface area contributed by atoms with Gasteiger partial charge in [0.2, 0.25) is 0 Å². The molecule has 0 saturated carbocycles. The summed E-state index contributed by atoms with van der Waals surface area (Å²) in [7, 11) is 0. The molecule has 0 aliphatic rings. The third-order valence-corrected chi connectivity index (χ3v) is 3.69. The Kier molecular flexibility index (Phi) is 5.48. The maximum absolute atomic E-state index is 11.9. The van der Waals surface area contributed by atoms with E-state index in [2.05, 4.69) is 25.9 Å². The van der Waals surface area contributed by atoms with Crippen LogP contribution >= 0.6 is 0 Å². The monoisotopic (exact) mass is 350 g/mol. The second kappa shape index (κ2) is 8.15. The largest absolute Gasteiger partial charge is 0.368 e. The van der Waals surface area contributed by atoms with Crippen molar-refractivity contribution in [2.45, 2.75) is 13.8 Å². The maximum Gasteiger partial charge on any atom is 0.319 e. The number of urea groups is 1. The Morgan fingerprint density at radius 1 is 1.04 bits per heavy atom. The number of carbonyl (C=O) groups excluding carboxylic acids is 1. The standard InChI is InChI=1S/C19H22N6O/c1-14-6-5-7-16(12-14)24-19(26)21-9-8-20-17-13-18(23-15(2)22-17)25-10-3-4-11-25/h3-7,10-13H,8-9H2,1-2H3,(H,20,22,23)(H2,21,24,26). The molecule has 0 unspecified atom stereocenters. The van der Waals surface area contributed by atoms with Crippen LogP contribution in [0.5, 0.6) is 0 Å². The topological polar surface area (TPSA) is 83.9 Å². The van der Waals surface area contributed by atoms with Crippen LogP contribution in [0.25, 0.3) is 5.82 Å². The molecule has 3 N–H and O–H groups in total. The van der Waals surface area contributed by atoms with Crippen molar-refractivity contribution in [2.75, 3.05) is 23.7 Å². The Hall–Kier alpha value is -3.35. The molecule has 3 rings (SSSR count). The third-order valence-electron chi connectivity index (χ3n) is 3.69. The van der Waals surface area contributed by atoms with E-state index in [1.54, 1.807) is 0 Å². The SMILES string of the molecule is Cc1cccc(NC(=O)NCCNc2cc(-n3cccc3)nc(C)n2)c1. The van der Waals surface area contributed by atoms with Gasteiger partial charge in [0.1, 0.15) is 17.5 Å². The van der Waals surface area contributed by atoms with Gasteiger partial charge in [-0.3, -0.25) is 0 Å². The number of hydrogen-bond acceptors (Lipinski definition) is 4. The normalized spacial score (nSPS) is 10.4. The minimum absolute atomic E-state index is 0.232. The van der Waals surface area contributed by atoms with E-state index in [0.717, 1.165) is 22.9 Å². The predicted octanol–water partition coefficient (Wildman–Crippen LogP) is 3.12. The smallest absolute Gasteiger partial charge is 0.319 e. The summed E-state index contributed by atoms with van der Waals surface area (Å²) >= 11 is 0. The van der Waals surface area contributed by atoms with Crippen molar-refractivity contribution >= 4 is 17.5 Å². The van der Waals surface area contributed by atoms with Crippen molar-refractivity contribution in [2.24, 2.45) is 0 Å². The first kappa shape index (κ1) is 17.5. The number of benzene rings is 1. The van der Waals surface area contributed by atoms with E-state index < -0.39 is 0 Å². The highest BCUT2D eigenvalue weighted by Gasteiger charge is 2.04. The van der Waals surface area contributed by atoms with E-state index in [1.807, 2.05) is 73.3 Å². The van der Waals surface area contributed by atoms with Gasteiger partial charge >= 0.3 is 6.03 Å². The van der Waals surface area contributed by atoms with Crippen LogP contribution in [0.3, 0.4) is 0 Å². The first-order valence-corrected chi connectivity index (χ1v) is 8.44. The predicted molar refractivity (Wildman–Crippen MR) is 103 cm³/mol. The van der Waals surface area contributed by atoms with Crippen molar-refractivity contribution in [1.82, 2.24) is 19.9 Å². The lowest BCUT2D eigenvalue weighted by molar-refractivity contribution is 0.252. The zero-order chi connectivity index (χ0) is 18.4. The zero-order valence-corrected chi connectivity index (χ0v) is 14.9. The molecule has 7 heteroatoms. The molecule has 0 aliphatic carbocycles. The molecule has 2 aromatic heterocycles. The summed E-state index contributed by atoms with van der Waals surface area (Å²) in [6, 6.07) is 13.2. The first-order chi connectivity index (χ1) is 12.6. The summed E-state index contributed by atoms with van der Waals surface area (Å²) in [5.74, 6) is 2.21. The van der Waals surface area contributed by atoms with E-state index in [0.29, 0.717) is 18.9 Å². The van der Waals surface area contributed by atoms with Crippen molar-refractivity contribution in [3.8, 4) is 5.82 Å². The van der Waals surface area contributed by atoms with E-state index in [4.69, 9.17) is 0 Å². The van der Waals surface area contributed by atoms with Gasteiger partial charge < -0.3 is 20.5 Å². The number of nitrogens with zero attached hydrogens (tertiary/aromatic N) is 3. The average Bonchev–Trinajstić information content (AvgIpc) is 3.13. The molecule has 1 aromatic carbocycles. The number of carbonyl (C=O) groups is 1. The average molecular weight is 350 g/mol. The lowest BCUT2D eigenvalue weighted by Crippen LogP contribution is -2.32. The van der Waals surface area contributed by atoms with E-state index in [-0.39, 0.29) is 6.03 Å². The second-order valence-electron chi connectivity index (χ2n) is 5.93. The van der Waals surface area contributed by atoms with E-state index >= 15 is 0 Å². The second-order valence-corrected chi connectivity index (χ2v) is 5.93.